The van der Waals surface area contributed by atoms with Crippen molar-refractivity contribution >= 4 is 24.1 Å². The predicted octanol–water partition coefficient (Wildman–Crippen LogP) is 6.97. The number of benzene rings is 2. The molecular weight excluding hydrogens is 389 g/mol. The van der Waals surface area contributed by atoms with Crippen LogP contribution in [0, 0.1) is 0 Å². The molecule has 164 valence electrons. The maximum absolute atomic E-state index is 14.1. The van der Waals surface area contributed by atoms with Crippen LogP contribution >= 0.6 is 0 Å². The van der Waals surface area contributed by atoms with Gasteiger partial charge in [0.05, 0.1) is 12.7 Å². The van der Waals surface area contributed by atoms with E-state index in [0.717, 1.165) is 33.5 Å². The number of allylic oxidation sites excluding steroid dienone is 3. The molecule has 1 heterocycles. The molecule has 1 aliphatic heterocycles. The van der Waals surface area contributed by atoms with Gasteiger partial charge < -0.3 is 14.8 Å². The van der Waals surface area contributed by atoms with E-state index in [1.165, 1.54) is 12.8 Å². The van der Waals surface area contributed by atoms with Crippen LogP contribution in [0.5, 0.6) is 0 Å². The fraction of sp³-hybridized carbons (Fsp3) is 0.296. The van der Waals surface area contributed by atoms with Gasteiger partial charge in [-0.05, 0) is 58.2 Å². The number of hydrogen-bond donors (Lipinski definition) is 1. The average molecular weight is 422 g/mol. The highest BCUT2D eigenvalue weighted by molar-refractivity contribution is 5.94. The van der Waals surface area contributed by atoms with Crippen molar-refractivity contribution in [2.75, 3.05) is 12.4 Å². The van der Waals surface area contributed by atoms with E-state index in [-0.39, 0.29) is 11.9 Å². The molecule has 2 aromatic rings. The molecule has 0 spiro atoms. The van der Waals surface area contributed by atoms with Gasteiger partial charge in [-0.3, -0.25) is 0 Å². The third kappa shape index (κ3) is 6.76. The third-order valence-electron chi connectivity index (χ3n) is 5.13. The second-order valence-corrected chi connectivity index (χ2v) is 7.36. The Kier molecular flexibility index (Phi) is 9.92. The van der Waals surface area contributed by atoms with E-state index < -0.39 is 0 Å². The molecule has 0 saturated heterocycles. The van der Waals surface area contributed by atoms with Crippen LogP contribution < -0.4 is 5.32 Å². The molecule has 0 radical (unpaired) electrons. The van der Waals surface area contributed by atoms with Crippen LogP contribution in [0.2, 0.25) is 0 Å². The van der Waals surface area contributed by atoms with E-state index in [4.69, 9.17) is 9.53 Å². The van der Waals surface area contributed by atoms with Crippen LogP contribution in [0.15, 0.2) is 72.1 Å². The first kappa shape index (κ1) is 24.3. The quantitative estimate of drug-likeness (QED) is 0.581. The van der Waals surface area contributed by atoms with Gasteiger partial charge >= 0.3 is 0 Å². The first-order valence-corrected chi connectivity index (χ1v) is 10.7. The highest BCUT2D eigenvalue weighted by atomic mass is 19.1. The summed E-state index contributed by atoms with van der Waals surface area (Å²) < 4.78 is 20.0. The number of hydrogen-bond acceptors (Lipinski definition) is 3. The first-order valence-electron chi connectivity index (χ1n) is 10.7. The van der Waals surface area contributed by atoms with Crippen molar-refractivity contribution in [1.29, 1.82) is 0 Å². The lowest BCUT2D eigenvalue weighted by atomic mass is 9.87. The fourth-order valence-corrected chi connectivity index (χ4v) is 3.37. The molecular formula is C27H32FNO2. The van der Waals surface area contributed by atoms with Crippen molar-refractivity contribution in [2.45, 2.75) is 45.8 Å². The summed E-state index contributed by atoms with van der Waals surface area (Å²) in [5.74, 6) is -0.128. The number of anilines is 1. The van der Waals surface area contributed by atoms with Crippen molar-refractivity contribution in [1.82, 2.24) is 0 Å². The number of halogens is 1. The number of unbranched alkanes of at least 4 members (excludes halogenated alkanes) is 1. The molecule has 4 heteroatoms. The molecule has 0 aromatic heterocycles. The molecule has 2 aromatic carbocycles. The van der Waals surface area contributed by atoms with Crippen molar-refractivity contribution in [2.24, 2.45) is 0 Å². The van der Waals surface area contributed by atoms with Crippen LogP contribution in [-0.2, 0) is 16.1 Å². The second-order valence-electron chi connectivity index (χ2n) is 7.36. The number of rotatable bonds is 3. The van der Waals surface area contributed by atoms with E-state index in [2.05, 4.69) is 49.5 Å². The topological polar surface area (TPSA) is 38.3 Å². The molecule has 0 saturated carbocycles. The van der Waals surface area contributed by atoms with Gasteiger partial charge in [0.25, 0.3) is 0 Å². The van der Waals surface area contributed by atoms with E-state index in [1.54, 1.807) is 6.08 Å². The lowest BCUT2D eigenvalue weighted by molar-refractivity contribution is -0.0979. The lowest BCUT2D eigenvalue weighted by Crippen LogP contribution is -2.17. The van der Waals surface area contributed by atoms with Crippen molar-refractivity contribution in [3.05, 3.63) is 88.8 Å². The largest absolute Gasteiger partial charge is 0.388 e. The summed E-state index contributed by atoms with van der Waals surface area (Å²) in [6.07, 6.45) is 8.54. The minimum atomic E-state index is -0.208. The number of carbonyl (C=O) groups is 1. The molecule has 2 aliphatic rings. The molecule has 1 aliphatic carbocycles. The molecule has 4 rings (SSSR count). The maximum atomic E-state index is 14.1. The van der Waals surface area contributed by atoms with Gasteiger partial charge in [-0.15, -0.1) is 0 Å². The highest BCUT2D eigenvalue weighted by Crippen LogP contribution is 2.36. The number of ether oxygens (including phenoxy) is 1. The Bertz CT molecular complexity index is 944. The van der Waals surface area contributed by atoms with Crippen molar-refractivity contribution < 1.29 is 13.9 Å². The van der Waals surface area contributed by atoms with Gasteiger partial charge in [0.2, 0.25) is 0 Å². The Hall–Kier alpha value is -2.98. The SMILES string of the molecule is C=O.CCCC.CNc1cccc(/C=C2\C3=CC(CC(F)=C3)OCc3ccccc32)c1. The van der Waals surface area contributed by atoms with Gasteiger partial charge in [0.1, 0.15) is 12.6 Å². The monoisotopic (exact) mass is 421 g/mol. The summed E-state index contributed by atoms with van der Waals surface area (Å²) >= 11 is 0. The normalized spacial score (nSPS) is 17.9. The summed E-state index contributed by atoms with van der Waals surface area (Å²) in [6.45, 7) is 6.85. The van der Waals surface area contributed by atoms with Crippen LogP contribution in [-0.4, -0.2) is 19.9 Å². The van der Waals surface area contributed by atoms with Gasteiger partial charge in [-0.1, -0.05) is 63.1 Å². The Balaban J connectivity index is 0.000000513. The summed E-state index contributed by atoms with van der Waals surface area (Å²) in [4.78, 5) is 8.00. The molecule has 1 unspecified atom stereocenters. The zero-order valence-corrected chi connectivity index (χ0v) is 18.7. The molecule has 1 atom stereocenters. The van der Waals surface area contributed by atoms with Gasteiger partial charge in [0, 0.05) is 19.2 Å². The van der Waals surface area contributed by atoms with E-state index >= 15 is 0 Å². The fourth-order valence-electron chi connectivity index (χ4n) is 3.37. The summed E-state index contributed by atoms with van der Waals surface area (Å²) in [5, 5.41) is 3.16. The zero-order valence-electron chi connectivity index (χ0n) is 18.7. The van der Waals surface area contributed by atoms with Gasteiger partial charge in [0.15, 0.2) is 0 Å². The third-order valence-corrected chi connectivity index (χ3v) is 5.13. The minimum absolute atomic E-state index is 0.128. The molecule has 1 N–H and O–H groups in total. The summed E-state index contributed by atoms with van der Waals surface area (Å²) in [6, 6.07) is 16.4. The highest BCUT2D eigenvalue weighted by Gasteiger charge is 2.23. The Morgan fingerprint density at radius 1 is 1.13 bits per heavy atom. The maximum Gasteiger partial charge on any atom is 0.106 e. The van der Waals surface area contributed by atoms with Crippen LogP contribution in [0.1, 0.15) is 49.8 Å². The van der Waals surface area contributed by atoms with Gasteiger partial charge in [-0.2, -0.15) is 0 Å². The van der Waals surface area contributed by atoms with Crippen LogP contribution in [0.25, 0.3) is 11.6 Å². The Morgan fingerprint density at radius 3 is 2.58 bits per heavy atom. The number of fused-ring (bicyclic) bond motifs is 2. The molecule has 3 nitrogen and oxygen atoms in total. The van der Waals surface area contributed by atoms with Crippen LogP contribution in [0.3, 0.4) is 0 Å². The van der Waals surface area contributed by atoms with E-state index in [0.29, 0.717) is 13.0 Å². The zero-order chi connectivity index (χ0) is 22.6. The Morgan fingerprint density at radius 2 is 1.87 bits per heavy atom. The molecule has 2 bridgehead atoms. The van der Waals surface area contributed by atoms with E-state index in [1.807, 2.05) is 44.2 Å². The summed E-state index contributed by atoms with van der Waals surface area (Å²) in [7, 11) is 1.90. The first-order chi connectivity index (χ1) is 15.1. The average Bonchev–Trinajstić information content (AvgIpc) is 2.82. The van der Waals surface area contributed by atoms with Gasteiger partial charge in [-0.25, -0.2) is 4.39 Å². The minimum Gasteiger partial charge on any atom is -0.388 e. The predicted molar refractivity (Wildman–Crippen MR) is 128 cm³/mol. The van der Waals surface area contributed by atoms with E-state index in [9.17, 15) is 4.39 Å². The molecule has 0 fully saturated rings. The smallest absolute Gasteiger partial charge is 0.106 e. The molecule has 31 heavy (non-hydrogen) atoms. The van der Waals surface area contributed by atoms with Crippen LogP contribution in [0.4, 0.5) is 10.1 Å². The summed E-state index contributed by atoms with van der Waals surface area (Å²) in [5.41, 5.74) is 6.27. The lowest BCUT2D eigenvalue weighted by Gasteiger charge is -2.25. The standard InChI is InChI=1S/C22H20FNO.C4H10.CH2O/c1-24-19-7-4-5-15(9-19)10-22-17-11-18(23)13-20(12-17)25-14-16-6-2-3-8-21(16)22;1-3-4-2;1-2/h2-12,20,24H,13-14H2,1H3;3-4H2,1-2H3;1H2/b22-10+;;. The number of carbonyl (C=O) groups excluding carboxylic acids is 1. The second kappa shape index (κ2) is 12.7. The Labute approximate surface area is 185 Å². The van der Waals surface area contributed by atoms with Crippen molar-refractivity contribution in [3.8, 4) is 0 Å². The molecule has 0 amide bonds. The number of nitrogens with one attached hydrogen (secondary N) is 1. The van der Waals surface area contributed by atoms with Crippen molar-refractivity contribution in [3.63, 3.8) is 0 Å².